The summed E-state index contributed by atoms with van der Waals surface area (Å²) in [7, 11) is 0. The van der Waals surface area contributed by atoms with Crippen LogP contribution in [-0.4, -0.2) is 0 Å². The maximum absolute atomic E-state index is 13.0. The van der Waals surface area contributed by atoms with Gasteiger partial charge < -0.3 is 5.32 Å². The monoisotopic (exact) mass is 297 g/mol. The van der Waals surface area contributed by atoms with Crippen molar-refractivity contribution >= 4 is 23.2 Å². The van der Waals surface area contributed by atoms with Crippen molar-refractivity contribution in [3.8, 4) is 0 Å². The van der Waals surface area contributed by atoms with Crippen LogP contribution in [0.15, 0.2) is 42.5 Å². The van der Waals surface area contributed by atoms with Crippen molar-refractivity contribution in [1.82, 2.24) is 5.32 Å². The maximum Gasteiger partial charge on any atom is 0.141 e. The topological polar surface area (TPSA) is 12.0 Å². The van der Waals surface area contributed by atoms with E-state index in [9.17, 15) is 4.39 Å². The van der Waals surface area contributed by atoms with Gasteiger partial charge in [-0.3, -0.25) is 0 Å². The van der Waals surface area contributed by atoms with E-state index in [1.165, 1.54) is 11.6 Å². The van der Waals surface area contributed by atoms with Gasteiger partial charge in [0, 0.05) is 19.0 Å². The van der Waals surface area contributed by atoms with E-state index in [4.69, 9.17) is 23.2 Å². The van der Waals surface area contributed by atoms with E-state index in [-0.39, 0.29) is 10.8 Å². The fraction of sp³-hybridized carbons (Fsp3) is 0.200. The van der Waals surface area contributed by atoms with Crippen LogP contribution < -0.4 is 5.32 Å². The second-order valence-corrected chi connectivity index (χ2v) is 4.98. The minimum absolute atomic E-state index is 0.156. The molecule has 2 aromatic rings. The predicted molar refractivity (Wildman–Crippen MR) is 78.0 cm³/mol. The summed E-state index contributed by atoms with van der Waals surface area (Å²) >= 11 is 11.5. The summed E-state index contributed by atoms with van der Waals surface area (Å²) in [5, 5.41) is 3.45. The highest BCUT2D eigenvalue weighted by molar-refractivity contribution is 6.30. The number of hydrogen-bond donors (Lipinski definition) is 1. The molecule has 0 saturated carbocycles. The minimum Gasteiger partial charge on any atom is -0.309 e. The Morgan fingerprint density at radius 2 is 1.63 bits per heavy atom. The first-order chi connectivity index (χ1) is 9.19. The predicted octanol–water partition coefficient (Wildman–Crippen LogP) is 4.51. The normalized spacial score (nSPS) is 10.7. The van der Waals surface area contributed by atoms with E-state index in [0.29, 0.717) is 12.4 Å². The molecule has 0 aliphatic carbocycles. The van der Waals surface area contributed by atoms with Crippen LogP contribution >= 0.6 is 23.2 Å². The zero-order valence-corrected chi connectivity index (χ0v) is 11.8. The van der Waals surface area contributed by atoms with Crippen LogP contribution in [0.4, 0.5) is 4.39 Å². The third kappa shape index (κ3) is 4.20. The lowest BCUT2D eigenvalue weighted by atomic mass is 10.1. The van der Waals surface area contributed by atoms with Gasteiger partial charge in [0.25, 0.3) is 0 Å². The Bertz CT molecular complexity index is 558. The summed E-state index contributed by atoms with van der Waals surface area (Å²) in [5.41, 5.74) is 3.23. The van der Waals surface area contributed by atoms with Gasteiger partial charge in [-0.25, -0.2) is 4.39 Å². The Hall–Kier alpha value is -1.09. The third-order valence-electron chi connectivity index (χ3n) is 2.79. The highest BCUT2D eigenvalue weighted by Crippen LogP contribution is 2.16. The Morgan fingerprint density at radius 1 is 0.947 bits per heavy atom. The van der Waals surface area contributed by atoms with E-state index < -0.39 is 0 Å². The van der Waals surface area contributed by atoms with Crippen molar-refractivity contribution in [3.63, 3.8) is 0 Å². The van der Waals surface area contributed by atoms with Crippen LogP contribution in [-0.2, 0) is 19.0 Å². The van der Waals surface area contributed by atoms with Crippen molar-refractivity contribution in [2.75, 3.05) is 0 Å². The van der Waals surface area contributed by atoms with E-state index in [2.05, 4.69) is 11.4 Å². The standard InChI is InChI=1S/C15H14Cl2FN/c16-8-11-2-1-3-12(6-11)9-19-10-13-4-5-15(18)14(17)7-13/h1-7,19H,8-10H2. The summed E-state index contributed by atoms with van der Waals surface area (Å²) in [6.45, 7) is 1.38. The Morgan fingerprint density at radius 3 is 2.32 bits per heavy atom. The number of benzene rings is 2. The number of rotatable bonds is 5. The quantitative estimate of drug-likeness (QED) is 0.801. The maximum atomic E-state index is 13.0. The molecule has 0 heterocycles. The third-order valence-corrected chi connectivity index (χ3v) is 3.39. The number of halogens is 3. The fourth-order valence-corrected chi connectivity index (χ4v) is 2.19. The van der Waals surface area contributed by atoms with Crippen molar-refractivity contribution in [2.45, 2.75) is 19.0 Å². The average molecular weight is 298 g/mol. The number of nitrogens with one attached hydrogen (secondary N) is 1. The molecular weight excluding hydrogens is 284 g/mol. The largest absolute Gasteiger partial charge is 0.309 e. The molecule has 4 heteroatoms. The van der Waals surface area contributed by atoms with Crippen LogP contribution in [0.25, 0.3) is 0 Å². The molecule has 0 saturated heterocycles. The SMILES string of the molecule is Fc1ccc(CNCc2cccc(CCl)c2)cc1Cl. The minimum atomic E-state index is -0.389. The molecule has 0 radical (unpaired) electrons. The van der Waals surface area contributed by atoms with Gasteiger partial charge in [0.1, 0.15) is 5.82 Å². The zero-order chi connectivity index (χ0) is 13.7. The molecule has 1 nitrogen and oxygen atoms in total. The van der Waals surface area contributed by atoms with Crippen LogP contribution in [0.1, 0.15) is 16.7 Å². The molecule has 2 rings (SSSR count). The lowest BCUT2D eigenvalue weighted by Gasteiger charge is -2.07. The second-order valence-electron chi connectivity index (χ2n) is 4.31. The fourth-order valence-electron chi connectivity index (χ4n) is 1.82. The lowest BCUT2D eigenvalue weighted by molar-refractivity contribution is 0.625. The molecule has 0 bridgehead atoms. The highest BCUT2D eigenvalue weighted by Gasteiger charge is 2.01. The average Bonchev–Trinajstić information content (AvgIpc) is 2.43. The first kappa shape index (κ1) is 14.3. The first-order valence-electron chi connectivity index (χ1n) is 5.97. The molecule has 100 valence electrons. The number of alkyl halides is 1. The Balaban J connectivity index is 1.90. The molecule has 0 atom stereocenters. The summed E-state index contributed by atoms with van der Waals surface area (Å²) in [6, 6.07) is 12.8. The summed E-state index contributed by atoms with van der Waals surface area (Å²) < 4.78 is 13.0. The molecular formula is C15H14Cl2FN. The van der Waals surface area contributed by atoms with E-state index >= 15 is 0 Å². The van der Waals surface area contributed by atoms with Gasteiger partial charge in [0.2, 0.25) is 0 Å². The van der Waals surface area contributed by atoms with Crippen LogP contribution in [0, 0.1) is 5.82 Å². The molecule has 0 spiro atoms. The summed E-state index contributed by atoms with van der Waals surface area (Å²) in [5.74, 6) is 0.127. The lowest BCUT2D eigenvalue weighted by Crippen LogP contribution is -2.12. The molecule has 0 aliphatic heterocycles. The molecule has 1 N–H and O–H groups in total. The molecule has 2 aromatic carbocycles. The van der Waals surface area contributed by atoms with Crippen LogP contribution in [0.5, 0.6) is 0 Å². The number of hydrogen-bond acceptors (Lipinski definition) is 1. The van der Waals surface area contributed by atoms with Crippen molar-refractivity contribution in [2.24, 2.45) is 0 Å². The van der Waals surface area contributed by atoms with E-state index in [0.717, 1.165) is 17.7 Å². The molecule has 0 aromatic heterocycles. The molecule has 0 aliphatic rings. The van der Waals surface area contributed by atoms with Gasteiger partial charge in [-0.05, 0) is 28.8 Å². The first-order valence-corrected chi connectivity index (χ1v) is 6.88. The molecule has 0 unspecified atom stereocenters. The van der Waals surface area contributed by atoms with Gasteiger partial charge in [-0.15, -0.1) is 11.6 Å². The van der Waals surface area contributed by atoms with Crippen molar-refractivity contribution in [3.05, 3.63) is 70.0 Å². The molecule has 0 amide bonds. The second kappa shape index (κ2) is 6.90. The van der Waals surface area contributed by atoms with Crippen LogP contribution in [0.2, 0.25) is 5.02 Å². The summed E-state index contributed by atoms with van der Waals surface area (Å²) in [4.78, 5) is 0. The van der Waals surface area contributed by atoms with Gasteiger partial charge in [-0.2, -0.15) is 0 Å². The Labute approximate surface area is 122 Å². The van der Waals surface area contributed by atoms with Gasteiger partial charge in [-0.1, -0.05) is 41.9 Å². The van der Waals surface area contributed by atoms with Gasteiger partial charge >= 0.3 is 0 Å². The van der Waals surface area contributed by atoms with Gasteiger partial charge in [0.15, 0.2) is 0 Å². The molecule has 0 fully saturated rings. The smallest absolute Gasteiger partial charge is 0.141 e. The van der Waals surface area contributed by atoms with E-state index in [1.54, 1.807) is 12.1 Å². The van der Waals surface area contributed by atoms with Crippen molar-refractivity contribution < 1.29 is 4.39 Å². The van der Waals surface area contributed by atoms with Crippen molar-refractivity contribution in [1.29, 1.82) is 0 Å². The van der Waals surface area contributed by atoms with Gasteiger partial charge in [0.05, 0.1) is 5.02 Å². The zero-order valence-electron chi connectivity index (χ0n) is 10.3. The highest BCUT2D eigenvalue weighted by atomic mass is 35.5. The van der Waals surface area contributed by atoms with E-state index in [1.807, 2.05) is 18.2 Å². The molecule has 19 heavy (non-hydrogen) atoms. The summed E-state index contributed by atoms with van der Waals surface area (Å²) in [6.07, 6.45) is 0. The van der Waals surface area contributed by atoms with Crippen LogP contribution in [0.3, 0.4) is 0 Å². The Kier molecular flexibility index (Phi) is 5.20.